The van der Waals surface area contributed by atoms with Gasteiger partial charge in [0.2, 0.25) is 5.91 Å². The van der Waals surface area contributed by atoms with Crippen molar-refractivity contribution < 1.29 is 9.53 Å². The van der Waals surface area contributed by atoms with E-state index in [9.17, 15) is 4.79 Å². The van der Waals surface area contributed by atoms with Gasteiger partial charge in [0.15, 0.2) is 0 Å². The van der Waals surface area contributed by atoms with Gasteiger partial charge in [-0.15, -0.1) is 0 Å². The molecule has 1 aromatic rings. The predicted octanol–water partition coefficient (Wildman–Crippen LogP) is 1.72. The zero-order valence-corrected chi connectivity index (χ0v) is 10.6. The molecular weight excluding hydrogens is 242 g/mol. The minimum absolute atomic E-state index is 0.0497. The molecule has 0 atom stereocenters. The summed E-state index contributed by atoms with van der Waals surface area (Å²) >= 11 is 0. The molecule has 5 nitrogen and oxygen atoms in total. The van der Waals surface area contributed by atoms with E-state index in [0.29, 0.717) is 13.0 Å². The first kappa shape index (κ1) is 14.5. The molecule has 5 heteroatoms. The summed E-state index contributed by atoms with van der Waals surface area (Å²) in [5.41, 5.74) is 0. The average Bonchev–Trinajstić information content (AvgIpc) is 2.44. The van der Waals surface area contributed by atoms with Gasteiger partial charge in [-0.2, -0.15) is 10.5 Å². The van der Waals surface area contributed by atoms with Crippen molar-refractivity contribution >= 4 is 5.91 Å². The van der Waals surface area contributed by atoms with Crippen LogP contribution in [0.25, 0.3) is 0 Å². The molecule has 0 spiro atoms. The Hall–Kier alpha value is -2.53. The van der Waals surface area contributed by atoms with E-state index in [0.717, 1.165) is 5.75 Å². The summed E-state index contributed by atoms with van der Waals surface area (Å²) in [4.78, 5) is 12.9. The van der Waals surface area contributed by atoms with Gasteiger partial charge in [-0.1, -0.05) is 18.2 Å². The van der Waals surface area contributed by atoms with Crippen LogP contribution in [-0.4, -0.2) is 30.5 Å². The molecule has 98 valence electrons. The van der Waals surface area contributed by atoms with Crippen molar-refractivity contribution in [1.29, 1.82) is 10.5 Å². The Kier molecular flexibility index (Phi) is 6.53. The van der Waals surface area contributed by atoms with Crippen molar-refractivity contribution in [3.05, 3.63) is 30.3 Å². The fourth-order valence-corrected chi connectivity index (χ4v) is 1.49. The molecule has 0 aliphatic rings. The number of nitrogens with zero attached hydrogens (tertiary/aromatic N) is 3. The SMILES string of the molecule is N#CCN(CC#N)C(=O)CCCOc1ccccc1. The molecule has 0 aliphatic carbocycles. The lowest BCUT2D eigenvalue weighted by Crippen LogP contribution is -2.31. The lowest BCUT2D eigenvalue weighted by atomic mass is 10.3. The summed E-state index contributed by atoms with van der Waals surface area (Å²) in [7, 11) is 0. The molecule has 0 radical (unpaired) electrons. The van der Waals surface area contributed by atoms with E-state index in [1.165, 1.54) is 4.90 Å². The van der Waals surface area contributed by atoms with Crippen LogP contribution in [0.5, 0.6) is 5.75 Å². The molecule has 0 heterocycles. The Morgan fingerprint density at radius 2 is 1.79 bits per heavy atom. The second-order valence-corrected chi connectivity index (χ2v) is 3.83. The number of rotatable bonds is 7. The van der Waals surface area contributed by atoms with Gasteiger partial charge in [-0.25, -0.2) is 0 Å². The maximum Gasteiger partial charge on any atom is 0.224 e. The highest BCUT2D eigenvalue weighted by molar-refractivity contribution is 5.76. The van der Waals surface area contributed by atoms with Gasteiger partial charge in [0.05, 0.1) is 18.7 Å². The second-order valence-electron chi connectivity index (χ2n) is 3.83. The standard InChI is InChI=1S/C14H15N3O2/c15-8-10-17(11-9-16)14(18)7-4-12-19-13-5-2-1-3-6-13/h1-3,5-6H,4,7,10-12H2. The van der Waals surface area contributed by atoms with Crippen LogP contribution >= 0.6 is 0 Å². The highest BCUT2D eigenvalue weighted by atomic mass is 16.5. The molecule has 1 rings (SSSR count). The van der Waals surface area contributed by atoms with Crippen LogP contribution in [0, 0.1) is 22.7 Å². The smallest absolute Gasteiger partial charge is 0.224 e. The average molecular weight is 257 g/mol. The number of hydrogen-bond donors (Lipinski definition) is 0. The third-order valence-corrected chi connectivity index (χ3v) is 2.42. The van der Waals surface area contributed by atoms with Crippen LogP contribution in [0.4, 0.5) is 0 Å². The topological polar surface area (TPSA) is 77.1 Å². The van der Waals surface area contributed by atoms with E-state index < -0.39 is 0 Å². The summed E-state index contributed by atoms with van der Waals surface area (Å²) in [5.74, 6) is 0.570. The summed E-state index contributed by atoms with van der Waals surface area (Å²) in [6.45, 7) is 0.334. The van der Waals surface area contributed by atoms with Gasteiger partial charge >= 0.3 is 0 Å². The number of benzene rings is 1. The fraction of sp³-hybridized carbons (Fsp3) is 0.357. The molecule has 1 aromatic carbocycles. The molecule has 1 amide bonds. The van der Waals surface area contributed by atoms with Crippen LogP contribution in [-0.2, 0) is 4.79 Å². The van der Waals surface area contributed by atoms with Crippen molar-refractivity contribution in [2.45, 2.75) is 12.8 Å². The Morgan fingerprint density at radius 1 is 1.16 bits per heavy atom. The Bertz CT molecular complexity index is 458. The molecule has 0 saturated heterocycles. The van der Waals surface area contributed by atoms with Crippen LogP contribution in [0.15, 0.2) is 30.3 Å². The summed E-state index contributed by atoms with van der Waals surface area (Å²) in [6, 6.07) is 13.1. The number of nitriles is 2. The third kappa shape index (κ3) is 5.56. The number of carbonyl (C=O) groups is 1. The minimum Gasteiger partial charge on any atom is -0.494 e. The van der Waals surface area contributed by atoms with Gasteiger partial charge in [-0.3, -0.25) is 4.79 Å². The Balaban J connectivity index is 2.26. The van der Waals surface area contributed by atoms with Crippen molar-refractivity contribution in [3.8, 4) is 17.9 Å². The summed E-state index contributed by atoms with van der Waals surface area (Å²) < 4.78 is 5.46. The normalized spacial score (nSPS) is 9.16. The van der Waals surface area contributed by atoms with Crippen LogP contribution in [0.3, 0.4) is 0 Å². The van der Waals surface area contributed by atoms with E-state index >= 15 is 0 Å². The van der Waals surface area contributed by atoms with E-state index in [2.05, 4.69) is 0 Å². The van der Waals surface area contributed by atoms with Gasteiger partial charge in [0, 0.05) is 6.42 Å². The van der Waals surface area contributed by atoms with Gasteiger partial charge in [-0.05, 0) is 18.6 Å². The highest BCUT2D eigenvalue weighted by Crippen LogP contribution is 2.09. The van der Waals surface area contributed by atoms with Crippen molar-refractivity contribution in [1.82, 2.24) is 4.90 Å². The molecule has 0 N–H and O–H groups in total. The number of carbonyl (C=O) groups excluding carboxylic acids is 1. The zero-order valence-electron chi connectivity index (χ0n) is 10.6. The molecular formula is C14H15N3O2. The molecule has 0 fully saturated rings. The maximum absolute atomic E-state index is 11.7. The zero-order chi connectivity index (χ0) is 13.9. The maximum atomic E-state index is 11.7. The first-order valence-corrected chi connectivity index (χ1v) is 5.97. The fourth-order valence-electron chi connectivity index (χ4n) is 1.49. The lowest BCUT2D eigenvalue weighted by Gasteiger charge is -2.15. The molecule has 0 saturated carbocycles. The van der Waals surface area contributed by atoms with Crippen molar-refractivity contribution in [2.75, 3.05) is 19.7 Å². The van der Waals surface area contributed by atoms with Gasteiger partial charge in [0.1, 0.15) is 18.8 Å². The molecule has 19 heavy (non-hydrogen) atoms. The first-order valence-electron chi connectivity index (χ1n) is 5.97. The van der Waals surface area contributed by atoms with Crippen LogP contribution in [0.2, 0.25) is 0 Å². The minimum atomic E-state index is -0.195. The monoisotopic (exact) mass is 257 g/mol. The largest absolute Gasteiger partial charge is 0.494 e. The lowest BCUT2D eigenvalue weighted by molar-refractivity contribution is -0.130. The van der Waals surface area contributed by atoms with E-state index in [1.807, 2.05) is 42.5 Å². The molecule has 0 aromatic heterocycles. The number of ether oxygens (including phenoxy) is 1. The number of hydrogen-bond acceptors (Lipinski definition) is 4. The first-order chi connectivity index (χ1) is 9.27. The Morgan fingerprint density at radius 3 is 2.37 bits per heavy atom. The number of para-hydroxylation sites is 1. The van der Waals surface area contributed by atoms with Gasteiger partial charge < -0.3 is 9.64 Å². The summed E-state index contributed by atoms with van der Waals surface area (Å²) in [6.07, 6.45) is 0.831. The molecule has 0 bridgehead atoms. The van der Waals surface area contributed by atoms with E-state index in [-0.39, 0.29) is 25.4 Å². The van der Waals surface area contributed by atoms with E-state index in [4.69, 9.17) is 15.3 Å². The summed E-state index contributed by atoms with van der Waals surface area (Å²) in [5, 5.41) is 17.1. The van der Waals surface area contributed by atoms with Crippen LogP contribution in [0.1, 0.15) is 12.8 Å². The number of amides is 1. The second kappa shape index (κ2) is 8.54. The third-order valence-electron chi connectivity index (χ3n) is 2.42. The van der Waals surface area contributed by atoms with Crippen molar-refractivity contribution in [3.63, 3.8) is 0 Å². The quantitative estimate of drug-likeness (QED) is 0.550. The van der Waals surface area contributed by atoms with Crippen molar-refractivity contribution in [2.24, 2.45) is 0 Å². The Labute approximate surface area is 112 Å². The molecule has 0 aliphatic heterocycles. The van der Waals surface area contributed by atoms with Crippen LogP contribution < -0.4 is 4.74 Å². The predicted molar refractivity (Wildman–Crippen MR) is 69.0 cm³/mol. The van der Waals surface area contributed by atoms with E-state index in [1.54, 1.807) is 0 Å². The highest BCUT2D eigenvalue weighted by Gasteiger charge is 2.11. The van der Waals surface area contributed by atoms with Gasteiger partial charge in [0.25, 0.3) is 0 Å². The molecule has 0 unspecified atom stereocenters.